The molecule has 9 heteroatoms. The Kier molecular flexibility index (Phi) is 4.68. The van der Waals surface area contributed by atoms with E-state index >= 15 is 0 Å². The average molecular weight is 355 g/mol. The Balaban J connectivity index is 2.04. The van der Waals surface area contributed by atoms with Crippen LogP contribution in [0.4, 0.5) is 0 Å². The van der Waals surface area contributed by atoms with E-state index in [1.165, 1.54) is 4.31 Å². The van der Waals surface area contributed by atoms with Gasteiger partial charge in [0.15, 0.2) is 0 Å². The van der Waals surface area contributed by atoms with Crippen molar-refractivity contribution in [2.45, 2.75) is 37.9 Å². The van der Waals surface area contributed by atoms with Gasteiger partial charge < -0.3 is 5.73 Å². The number of nitrogens with zero attached hydrogens (tertiary/aromatic N) is 1. The van der Waals surface area contributed by atoms with E-state index in [2.05, 4.69) is 0 Å². The van der Waals surface area contributed by atoms with Crippen molar-refractivity contribution in [3.05, 3.63) is 0 Å². The number of nitrogens with two attached hydrogens (primary N) is 1. The van der Waals surface area contributed by atoms with Gasteiger partial charge in [0.1, 0.15) is 9.84 Å². The van der Waals surface area contributed by atoms with Gasteiger partial charge in [0.25, 0.3) is 0 Å². The molecule has 0 radical (unpaired) electrons. The van der Waals surface area contributed by atoms with E-state index < -0.39 is 25.1 Å². The molecule has 2 aliphatic rings. The zero-order chi connectivity index (χ0) is 15.9. The van der Waals surface area contributed by atoms with Gasteiger partial charge >= 0.3 is 0 Å². The molecule has 2 N–H and O–H groups in total. The van der Waals surface area contributed by atoms with E-state index in [1.807, 2.05) is 6.92 Å². The fourth-order valence-corrected chi connectivity index (χ4v) is 6.80. The predicted molar refractivity (Wildman–Crippen MR) is 86.3 cm³/mol. The molecule has 21 heavy (non-hydrogen) atoms. The second-order valence-corrected chi connectivity index (χ2v) is 11.2. The summed E-state index contributed by atoms with van der Waals surface area (Å²) in [6.07, 6.45) is 1.64. The van der Waals surface area contributed by atoms with Crippen molar-refractivity contribution in [1.82, 2.24) is 4.31 Å². The maximum Gasteiger partial charge on any atom is 0.217 e. The summed E-state index contributed by atoms with van der Waals surface area (Å²) in [6, 6.07) is 0. The van der Waals surface area contributed by atoms with Crippen LogP contribution < -0.4 is 5.73 Å². The largest absolute Gasteiger partial charge is 0.393 e. The van der Waals surface area contributed by atoms with Gasteiger partial charge in [0.2, 0.25) is 10.0 Å². The molecule has 6 nitrogen and oxygen atoms in total. The lowest BCUT2D eigenvalue weighted by Crippen LogP contribution is -2.50. The summed E-state index contributed by atoms with van der Waals surface area (Å²) in [4.78, 5) is 0.434. The molecule has 0 atom stereocenters. The standard InChI is InChI=1S/C12H22N2O4S3/c1-12(11(13)19)4-6-14(7-5-12)21(17,18)10-2-8-20(15,16)9-3-10/h10H,2-9H2,1H3,(H2,13,19). The lowest BCUT2D eigenvalue weighted by Gasteiger charge is -2.39. The molecule has 0 amide bonds. The summed E-state index contributed by atoms with van der Waals surface area (Å²) in [7, 11) is -6.48. The molecule has 0 aromatic rings. The van der Waals surface area contributed by atoms with Gasteiger partial charge in [-0.2, -0.15) is 0 Å². The van der Waals surface area contributed by atoms with Crippen molar-refractivity contribution in [2.24, 2.45) is 11.1 Å². The highest BCUT2D eigenvalue weighted by Gasteiger charge is 2.41. The third-order valence-corrected chi connectivity index (χ3v) is 9.31. The van der Waals surface area contributed by atoms with E-state index in [1.54, 1.807) is 0 Å². The van der Waals surface area contributed by atoms with Crippen molar-refractivity contribution in [1.29, 1.82) is 0 Å². The van der Waals surface area contributed by atoms with Crippen molar-refractivity contribution in [3.8, 4) is 0 Å². The quantitative estimate of drug-likeness (QED) is 0.731. The fourth-order valence-electron chi connectivity index (χ4n) is 2.86. The Labute approximate surface area is 132 Å². The number of hydrogen-bond acceptors (Lipinski definition) is 5. The Morgan fingerprint density at radius 2 is 1.71 bits per heavy atom. The van der Waals surface area contributed by atoms with Crippen LogP contribution in [0.1, 0.15) is 32.6 Å². The van der Waals surface area contributed by atoms with Crippen LogP contribution in [-0.2, 0) is 19.9 Å². The van der Waals surface area contributed by atoms with E-state index in [-0.39, 0.29) is 29.8 Å². The van der Waals surface area contributed by atoms with Crippen molar-refractivity contribution in [2.75, 3.05) is 24.6 Å². The lowest BCUT2D eigenvalue weighted by atomic mass is 9.81. The van der Waals surface area contributed by atoms with Crippen LogP contribution in [0.15, 0.2) is 0 Å². The molecule has 0 aromatic carbocycles. The van der Waals surface area contributed by atoms with Crippen LogP contribution in [-0.4, -0.2) is 56.0 Å². The zero-order valence-electron chi connectivity index (χ0n) is 12.1. The van der Waals surface area contributed by atoms with Gasteiger partial charge in [-0.25, -0.2) is 21.1 Å². The highest BCUT2D eigenvalue weighted by molar-refractivity contribution is 7.92. The Bertz CT molecular complexity index is 605. The monoisotopic (exact) mass is 354 g/mol. The van der Waals surface area contributed by atoms with Gasteiger partial charge in [-0.3, -0.25) is 0 Å². The van der Waals surface area contributed by atoms with Crippen LogP contribution in [0.25, 0.3) is 0 Å². The summed E-state index contributed by atoms with van der Waals surface area (Å²) < 4.78 is 49.5. The van der Waals surface area contributed by atoms with Gasteiger partial charge in [-0.1, -0.05) is 19.1 Å². The minimum atomic E-state index is -3.43. The maximum absolute atomic E-state index is 12.6. The molecule has 2 fully saturated rings. The van der Waals surface area contributed by atoms with Crippen LogP contribution in [0.3, 0.4) is 0 Å². The Morgan fingerprint density at radius 1 is 1.24 bits per heavy atom. The number of thiocarbonyl (C=S) groups is 1. The molecule has 0 bridgehead atoms. The molecule has 0 unspecified atom stereocenters. The SMILES string of the molecule is CC1(C(N)=S)CCN(S(=O)(=O)C2CCS(=O)(=O)CC2)CC1. The summed E-state index contributed by atoms with van der Waals surface area (Å²) in [5, 5.41) is -0.574. The van der Waals surface area contributed by atoms with Crippen molar-refractivity contribution < 1.29 is 16.8 Å². The van der Waals surface area contributed by atoms with Gasteiger partial charge in [-0.15, -0.1) is 0 Å². The second kappa shape index (κ2) is 5.75. The zero-order valence-corrected chi connectivity index (χ0v) is 14.6. The van der Waals surface area contributed by atoms with Crippen LogP contribution in [0.5, 0.6) is 0 Å². The first-order valence-electron chi connectivity index (χ1n) is 7.06. The van der Waals surface area contributed by atoms with Crippen molar-refractivity contribution in [3.63, 3.8) is 0 Å². The minimum Gasteiger partial charge on any atom is -0.393 e. The van der Waals surface area contributed by atoms with Crippen molar-refractivity contribution >= 4 is 37.1 Å². The molecule has 0 spiro atoms. The van der Waals surface area contributed by atoms with E-state index in [0.717, 1.165) is 0 Å². The molecule has 0 saturated carbocycles. The molecule has 2 heterocycles. The Morgan fingerprint density at radius 3 is 2.14 bits per heavy atom. The minimum absolute atomic E-state index is 0.0324. The first kappa shape index (κ1) is 17.1. The smallest absolute Gasteiger partial charge is 0.217 e. The molecule has 122 valence electrons. The molecular weight excluding hydrogens is 332 g/mol. The number of hydrogen-bond donors (Lipinski definition) is 1. The number of sulfone groups is 1. The average Bonchev–Trinajstić information content (AvgIpc) is 2.38. The molecule has 0 aromatic heterocycles. The number of sulfonamides is 1. The van der Waals surface area contributed by atoms with Crippen LogP contribution >= 0.6 is 12.2 Å². The topological polar surface area (TPSA) is 97.5 Å². The number of rotatable bonds is 3. The summed E-state index contributed by atoms with van der Waals surface area (Å²) in [5.41, 5.74) is 5.44. The maximum atomic E-state index is 12.6. The van der Waals surface area contributed by atoms with E-state index in [4.69, 9.17) is 18.0 Å². The van der Waals surface area contributed by atoms with Crippen LogP contribution in [0, 0.1) is 5.41 Å². The van der Waals surface area contributed by atoms with Crippen LogP contribution in [0.2, 0.25) is 0 Å². The summed E-state index contributed by atoms with van der Waals surface area (Å²) >= 11 is 5.05. The lowest BCUT2D eigenvalue weighted by molar-refractivity contribution is 0.241. The highest BCUT2D eigenvalue weighted by Crippen LogP contribution is 2.34. The summed E-state index contributed by atoms with van der Waals surface area (Å²) in [5.74, 6) is -0.0648. The second-order valence-electron chi connectivity index (χ2n) is 6.22. The third kappa shape index (κ3) is 3.57. The van der Waals surface area contributed by atoms with E-state index in [0.29, 0.717) is 30.9 Å². The van der Waals surface area contributed by atoms with Gasteiger partial charge in [0.05, 0.1) is 21.7 Å². The molecule has 2 rings (SSSR count). The molecule has 2 saturated heterocycles. The molecular formula is C12H22N2O4S3. The van der Waals surface area contributed by atoms with E-state index in [9.17, 15) is 16.8 Å². The first-order chi connectivity index (χ1) is 9.57. The number of piperidine rings is 1. The predicted octanol–water partition coefficient (Wildman–Crippen LogP) is 0.282. The highest BCUT2D eigenvalue weighted by atomic mass is 32.2. The fraction of sp³-hybridized carbons (Fsp3) is 0.917. The third-order valence-electron chi connectivity index (χ3n) is 4.70. The summed E-state index contributed by atoms with van der Waals surface area (Å²) in [6.45, 7) is 2.77. The normalized spacial score (nSPS) is 27.3. The molecule has 2 aliphatic heterocycles. The molecule has 0 aliphatic carbocycles. The Hall–Kier alpha value is -0.250. The van der Waals surface area contributed by atoms with Gasteiger partial charge in [-0.05, 0) is 25.7 Å². The van der Waals surface area contributed by atoms with Gasteiger partial charge in [0, 0.05) is 18.5 Å². The first-order valence-corrected chi connectivity index (χ1v) is 10.8.